The molecule has 0 aliphatic carbocycles. The first kappa shape index (κ1) is 18.3. The third-order valence-electron chi connectivity index (χ3n) is 4.15. The van der Waals surface area contributed by atoms with E-state index in [1.807, 2.05) is 0 Å². The van der Waals surface area contributed by atoms with Crippen LogP contribution in [0.3, 0.4) is 0 Å². The minimum Gasteiger partial charge on any atom is -0.493 e. The van der Waals surface area contributed by atoms with Gasteiger partial charge in [-0.3, -0.25) is 0 Å². The molecule has 1 aliphatic heterocycles. The van der Waals surface area contributed by atoms with Crippen LogP contribution < -0.4 is 23.7 Å². The van der Waals surface area contributed by atoms with Crippen molar-refractivity contribution in [3.8, 4) is 23.0 Å². The minimum atomic E-state index is -3.78. The highest BCUT2D eigenvalue weighted by molar-refractivity contribution is 7.89. The van der Waals surface area contributed by atoms with Gasteiger partial charge >= 0.3 is 0 Å². The molecule has 0 fully saturated rings. The van der Waals surface area contributed by atoms with Crippen molar-refractivity contribution >= 4 is 10.0 Å². The number of hydrogen-bond acceptors (Lipinski definition) is 6. The third-order valence-corrected chi connectivity index (χ3v) is 5.80. The van der Waals surface area contributed by atoms with Crippen molar-refractivity contribution in [2.24, 2.45) is 0 Å². The molecule has 0 spiro atoms. The number of methoxy groups -OCH3 is 2. The van der Waals surface area contributed by atoms with Crippen molar-refractivity contribution in [1.29, 1.82) is 0 Å². The van der Waals surface area contributed by atoms with Gasteiger partial charge in [-0.05, 0) is 43.7 Å². The summed E-state index contributed by atoms with van der Waals surface area (Å²) in [6.07, 6.45) is 0. The maximum absolute atomic E-state index is 12.8. The number of benzene rings is 2. The summed E-state index contributed by atoms with van der Waals surface area (Å²) in [7, 11) is -0.701. The second-order valence-electron chi connectivity index (χ2n) is 6.32. The summed E-state index contributed by atoms with van der Waals surface area (Å²) in [5.74, 6) is 2.05. The molecule has 0 unspecified atom stereocenters. The van der Waals surface area contributed by atoms with Crippen LogP contribution in [0.5, 0.6) is 23.0 Å². The molecule has 1 N–H and O–H groups in total. The van der Waals surface area contributed by atoms with Gasteiger partial charge in [-0.15, -0.1) is 0 Å². The van der Waals surface area contributed by atoms with Crippen molar-refractivity contribution in [3.05, 3.63) is 42.0 Å². The largest absolute Gasteiger partial charge is 0.493 e. The fourth-order valence-electron chi connectivity index (χ4n) is 2.72. The minimum absolute atomic E-state index is 0.0867. The van der Waals surface area contributed by atoms with Crippen LogP contribution in [0.1, 0.15) is 19.4 Å². The van der Waals surface area contributed by atoms with Gasteiger partial charge < -0.3 is 18.9 Å². The van der Waals surface area contributed by atoms with Gasteiger partial charge in [-0.1, -0.05) is 6.07 Å². The predicted octanol–water partition coefficient (Wildman–Crippen LogP) is 2.65. The van der Waals surface area contributed by atoms with Gasteiger partial charge in [0, 0.05) is 6.07 Å². The molecule has 0 saturated carbocycles. The van der Waals surface area contributed by atoms with E-state index in [4.69, 9.17) is 18.9 Å². The van der Waals surface area contributed by atoms with Crippen molar-refractivity contribution in [2.75, 3.05) is 21.0 Å². The molecule has 7 nitrogen and oxygen atoms in total. The first-order valence-electron chi connectivity index (χ1n) is 7.93. The Morgan fingerprint density at radius 2 is 1.65 bits per heavy atom. The van der Waals surface area contributed by atoms with Crippen molar-refractivity contribution in [3.63, 3.8) is 0 Å². The Morgan fingerprint density at radius 3 is 2.35 bits per heavy atom. The summed E-state index contributed by atoms with van der Waals surface area (Å²) < 4.78 is 49.4. The Bertz CT molecular complexity index is 923. The van der Waals surface area contributed by atoms with Gasteiger partial charge in [0.05, 0.1) is 24.7 Å². The van der Waals surface area contributed by atoms with Crippen LogP contribution in [0.2, 0.25) is 0 Å². The molecule has 8 heteroatoms. The Hall–Kier alpha value is -2.45. The summed E-state index contributed by atoms with van der Waals surface area (Å²) in [5, 5.41) is 0. The van der Waals surface area contributed by atoms with Crippen molar-refractivity contribution in [1.82, 2.24) is 4.72 Å². The molecule has 0 aromatic heterocycles. The molecular formula is C18H21NO6S. The summed E-state index contributed by atoms with van der Waals surface area (Å²) >= 11 is 0. The zero-order chi connectivity index (χ0) is 18.9. The van der Waals surface area contributed by atoms with Crippen LogP contribution in [0, 0.1) is 0 Å². The van der Waals surface area contributed by atoms with E-state index in [9.17, 15) is 8.42 Å². The van der Waals surface area contributed by atoms with Crippen LogP contribution in [0.4, 0.5) is 0 Å². The molecular weight excluding hydrogens is 358 g/mol. The number of ether oxygens (including phenoxy) is 4. The first-order chi connectivity index (χ1) is 12.3. The van der Waals surface area contributed by atoms with Crippen LogP contribution in [0.25, 0.3) is 0 Å². The molecule has 0 bridgehead atoms. The van der Waals surface area contributed by atoms with E-state index in [-0.39, 0.29) is 11.7 Å². The van der Waals surface area contributed by atoms with E-state index < -0.39 is 15.6 Å². The fraction of sp³-hybridized carbons (Fsp3) is 0.333. The molecule has 2 aromatic rings. The lowest BCUT2D eigenvalue weighted by molar-refractivity contribution is 0.174. The number of fused-ring (bicyclic) bond motifs is 1. The van der Waals surface area contributed by atoms with E-state index in [0.29, 0.717) is 23.0 Å². The highest BCUT2D eigenvalue weighted by Crippen LogP contribution is 2.35. The Balaban J connectivity index is 1.90. The highest BCUT2D eigenvalue weighted by atomic mass is 32.2. The quantitative estimate of drug-likeness (QED) is 0.831. The van der Waals surface area contributed by atoms with Gasteiger partial charge in [0.1, 0.15) is 0 Å². The lowest BCUT2D eigenvalue weighted by Gasteiger charge is -2.27. The van der Waals surface area contributed by atoms with Gasteiger partial charge in [-0.25, -0.2) is 13.1 Å². The first-order valence-corrected chi connectivity index (χ1v) is 9.41. The van der Waals surface area contributed by atoms with Crippen LogP contribution >= 0.6 is 0 Å². The summed E-state index contributed by atoms with van der Waals surface area (Å²) in [6.45, 7) is 3.64. The molecule has 2 aromatic carbocycles. The van der Waals surface area contributed by atoms with Gasteiger partial charge in [0.25, 0.3) is 0 Å². The lowest BCUT2D eigenvalue weighted by atomic mass is 9.95. The third kappa shape index (κ3) is 3.42. The van der Waals surface area contributed by atoms with Gasteiger partial charge in [-0.2, -0.15) is 0 Å². The fourth-order valence-corrected chi connectivity index (χ4v) is 4.14. The van der Waals surface area contributed by atoms with E-state index >= 15 is 0 Å². The summed E-state index contributed by atoms with van der Waals surface area (Å²) in [5.41, 5.74) is -0.145. The Labute approximate surface area is 152 Å². The molecule has 1 aliphatic rings. The molecule has 0 amide bonds. The standard InChI is InChI=1S/C18H21NO6S/c1-18(2,12-5-7-14(22-3)16(9-12)23-4)19-26(20,21)13-6-8-15-17(10-13)25-11-24-15/h5-10,19H,11H2,1-4H3. The Morgan fingerprint density at radius 1 is 0.962 bits per heavy atom. The number of sulfonamides is 1. The summed E-state index contributed by atoms with van der Waals surface area (Å²) in [6, 6.07) is 9.81. The zero-order valence-corrected chi connectivity index (χ0v) is 15.8. The van der Waals surface area contributed by atoms with E-state index in [1.165, 1.54) is 19.2 Å². The topological polar surface area (TPSA) is 83.1 Å². The average Bonchev–Trinajstić information content (AvgIpc) is 3.08. The molecule has 1 heterocycles. The number of hydrogen-bond donors (Lipinski definition) is 1. The normalized spacial score (nSPS) is 13.5. The Kier molecular flexibility index (Phi) is 4.72. The monoisotopic (exact) mass is 379 g/mol. The van der Waals surface area contributed by atoms with Crippen LogP contribution in [0.15, 0.2) is 41.3 Å². The summed E-state index contributed by atoms with van der Waals surface area (Å²) in [4.78, 5) is 0.107. The van der Waals surface area contributed by atoms with Crippen molar-refractivity contribution in [2.45, 2.75) is 24.3 Å². The van der Waals surface area contributed by atoms with Gasteiger partial charge in [0.15, 0.2) is 23.0 Å². The molecule has 26 heavy (non-hydrogen) atoms. The SMILES string of the molecule is COc1ccc(C(C)(C)NS(=O)(=O)c2ccc3c(c2)OCO3)cc1OC. The number of rotatable bonds is 6. The van der Waals surface area contributed by atoms with E-state index in [2.05, 4.69) is 4.72 Å². The highest BCUT2D eigenvalue weighted by Gasteiger charge is 2.30. The number of nitrogens with one attached hydrogen (secondary N) is 1. The molecule has 0 saturated heterocycles. The second kappa shape index (κ2) is 6.69. The smallest absolute Gasteiger partial charge is 0.241 e. The molecule has 0 atom stereocenters. The zero-order valence-electron chi connectivity index (χ0n) is 15.0. The average molecular weight is 379 g/mol. The second-order valence-corrected chi connectivity index (χ2v) is 8.00. The van der Waals surface area contributed by atoms with Crippen LogP contribution in [-0.2, 0) is 15.6 Å². The van der Waals surface area contributed by atoms with E-state index in [1.54, 1.807) is 45.2 Å². The van der Waals surface area contributed by atoms with Gasteiger partial charge in [0.2, 0.25) is 16.8 Å². The molecule has 3 rings (SSSR count). The molecule has 0 radical (unpaired) electrons. The molecule has 140 valence electrons. The lowest BCUT2D eigenvalue weighted by Crippen LogP contribution is -2.40. The van der Waals surface area contributed by atoms with E-state index in [0.717, 1.165) is 5.56 Å². The van der Waals surface area contributed by atoms with Crippen molar-refractivity contribution < 1.29 is 27.4 Å². The maximum Gasteiger partial charge on any atom is 0.241 e. The predicted molar refractivity (Wildman–Crippen MR) is 95.5 cm³/mol. The maximum atomic E-state index is 12.8. The van der Waals surface area contributed by atoms with Crippen LogP contribution in [-0.4, -0.2) is 29.4 Å².